The molecule has 0 atom stereocenters. The summed E-state index contributed by atoms with van der Waals surface area (Å²) in [5.74, 6) is -0.320. The minimum absolute atomic E-state index is 0.0140. The second kappa shape index (κ2) is 5.82. The molecule has 1 aromatic carbocycles. The Labute approximate surface area is 130 Å². The van der Waals surface area contributed by atoms with Crippen LogP contribution in [0.2, 0.25) is 0 Å². The van der Waals surface area contributed by atoms with E-state index in [-0.39, 0.29) is 34.8 Å². The number of hydrogen-bond acceptors (Lipinski definition) is 5. The zero-order chi connectivity index (χ0) is 15.6. The van der Waals surface area contributed by atoms with Crippen LogP contribution in [0.25, 0.3) is 0 Å². The summed E-state index contributed by atoms with van der Waals surface area (Å²) in [4.78, 5) is 22.3. The van der Waals surface area contributed by atoms with Gasteiger partial charge in [0.25, 0.3) is 0 Å². The molecule has 0 heterocycles. The van der Waals surface area contributed by atoms with Crippen LogP contribution < -0.4 is 4.74 Å². The Morgan fingerprint density at radius 2 is 2.24 bits per heavy atom. The van der Waals surface area contributed by atoms with E-state index in [1.807, 2.05) is 0 Å². The largest absolute Gasteiger partial charge is 0.486 e. The zero-order valence-electron chi connectivity index (χ0n) is 11.4. The number of hydrogen-bond donors (Lipinski definition) is 0. The standard InChI is InChI=1S/C14H13BrN2O4/c1-9(18)11-6-10(15)7-12(17(19)20)13(11)21-8-14(2-3-14)4-5-16/h6-7H,2-4,8H2,1H3. The van der Waals surface area contributed by atoms with Crippen molar-refractivity contribution in [2.24, 2.45) is 5.41 Å². The van der Waals surface area contributed by atoms with Crippen LogP contribution in [0, 0.1) is 26.9 Å². The molecule has 1 aliphatic rings. The van der Waals surface area contributed by atoms with Gasteiger partial charge in [-0.3, -0.25) is 14.9 Å². The smallest absolute Gasteiger partial charge is 0.312 e. The SMILES string of the molecule is CC(=O)c1cc(Br)cc([N+](=O)[O-])c1OCC1(CC#N)CC1. The summed E-state index contributed by atoms with van der Waals surface area (Å²) in [6.07, 6.45) is 2.08. The van der Waals surface area contributed by atoms with Gasteiger partial charge >= 0.3 is 5.69 Å². The van der Waals surface area contributed by atoms with Crippen molar-refractivity contribution in [1.29, 1.82) is 5.26 Å². The molecule has 0 unspecified atom stereocenters. The number of benzene rings is 1. The molecule has 110 valence electrons. The number of ether oxygens (including phenoxy) is 1. The first-order chi connectivity index (χ1) is 9.88. The lowest BCUT2D eigenvalue weighted by atomic mass is 10.0. The first-order valence-electron chi connectivity index (χ1n) is 6.37. The minimum atomic E-state index is -0.573. The third-order valence-corrected chi connectivity index (χ3v) is 4.00. The number of nitrogens with zero attached hydrogens (tertiary/aromatic N) is 2. The van der Waals surface area contributed by atoms with E-state index >= 15 is 0 Å². The monoisotopic (exact) mass is 352 g/mol. The Bertz CT molecular complexity index is 612. The van der Waals surface area contributed by atoms with Crippen molar-refractivity contribution < 1.29 is 14.5 Å². The predicted molar refractivity (Wildman–Crippen MR) is 78.2 cm³/mol. The van der Waals surface area contributed by atoms with Crippen molar-refractivity contribution >= 4 is 27.4 Å². The number of nitro groups is 1. The number of ketones is 1. The molecule has 1 fully saturated rings. The van der Waals surface area contributed by atoms with Crippen LogP contribution in [0.3, 0.4) is 0 Å². The van der Waals surface area contributed by atoms with Gasteiger partial charge in [0.05, 0.1) is 23.2 Å². The average Bonchev–Trinajstić information content (AvgIpc) is 3.16. The van der Waals surface area contributed by atoms with Gasteiger partial charge in [0.2, 0.25) is 5.75 Å². The van der Waals surface area contributed by atoms with Gasteiger partial charge in [-0.2, -0.15) is 5.26 Å². The number of nitro benzene ring substituents is 1. The molecule has 0 aromatic heterocycles. The van der Waals surface area contributed by atoms with Gasteiger partial charge in [-0.25, -0.2) is 0 Å². The normalized spacial score (nSPS) is 15.1. The van der Waals surface area contributed by atoms with Crippen LogP contribution in [-0.4, -0.2) is 17.3 Å². The maximum absolute atomic E-state index is 11.7. The fourth-order valence-electron chi connectivity index (χ4n) is 2.07. The number of rotatable bonds is 6. The zero-order valence-corrected chi connectivity index (χ0v) is 13.0. The lowest BCUT2D eigenvalue weighted by Crippen LogP contribution is -2.15. The molecule has 1 saturated carbocycles. The summed E-state index contributed by atoms with van der Waals surface area (Å²) >= 11 is 3.16. The maximum Gasteiger partial charge on any atom is 0.312 e. The summed E-state index contributed by atoms with van der Waals surface area (Å²) in [5, 5.41) is 19.9. The molecule has 0 amide bonds. The first-order valence-corrected chi connectivity index (χ1v) is 7.16. The fourth-order valence-corrected chi connectivity index (χ4v) is 2.52. The molecule has 6 nitrogen and oxygen atoms in total. The lowest BCUT2D eigenvalue weighted by molar-refractivity contribution is -0.386. The molecule has 0 spiro atoms. The average molecular weight is 353 g/mol. The van der Waals surface area contributed by atoms with Crippen LogP contribution >= 0.6 is 15.9 Å². The minimum Gasteiger partial charge on any atom is -0.486 e. The van der Waals surface area contributed by atoms with Crippen molar-refractivity contribution in [1.82, 2.24) is 0 Å². The Hall–Kier alpha value is -1.94. The first kappa shape index (κ1) is 15.4. The lowest BCUT2D eigenvalue weighted by Gasteiger charge is -2.15. The van der Waals surface area contributed by atoms with Crippen molar-refractivity contribution in [2.75, 3.05) is 6.61 Å². The van der Waals surface area contributed by atoms with Gasteiger partial charge in [-0.05, 0) is 25.8 Å². The number of Topliss-reactive ketones (excluding diaryl/α,β-unsaturated/α-hetero) is 1. The van der Waals surface area contributed by atoms with Gasteiger partial charge < -0.3 is 4.74 Å². The van der Waals surface area contributed by atoms with Crippen LogP contribution in [0.4, 0.5) is 5.69 Å². The number of halogens is 1. The van der Waals surface area contributed by atoms with E-state index < -0.39 is 4.92 Å². The van der Waals surface area contributed by atoms with E-state index in [1.165, 1.54) is 19.1 Å². The molecular formula is C14H13BrN2O4. The highest BCUT2D eigenvalue weighted by atomic mass is 79.9. The maximum atomic E-state index is 11.7. The van der Waals surface area contributed by atoms with Crippen molar-refractivity contribution in [2.45, 2.75) is 26.2 Å². The second-order valence-corrected chi connectivity index (χ2v) is 6.15. The van der Waals surface area contributed by atoms with Crippen molar-refractivity contribution in [3.05, 3.63) is 32.3 Å². The van der Waals surface area contributed by atoms with Crippen LogP contribution in [0.15, 0.2) is 16.6 Å². The summed E-state index contributed by atoms with van der Waals surface area (Å²) in [7, 11) is 0. The van der Waals surface area contributed by atoms with Crippen LogP contribution in [0.5, 0.6) is 5.75 Å². The summed E-state index contributed by atoms with van der Waals surface area (Å²) < 4.78 is 6.04. The molecule has 1 aromatic rings. The Morgan fingerprint density at radius 1 is 1.57 bits per heavy atom. The van der Waals surface area contributed by atoms with Gasteiger partial charge in [0.15, 0.2) is 5.78 Å². The van der Waals surface area contributed by atoms with Gasteiger partial charge in [-0.1, -0.05) is 15.9 Å². The van der Waals surface area contributed by atoms with E-state index in [2.05, 4.69) is 22.0 Å². The van der Waals surface area contributed by atoms with Crippen LogP contribution in [-0.2, 0) is 0 Å². The Kier molecular flexibility index (Phi) is 4.28. The molecular weight excluding hydrogens is 340 g/mol. The molecule has 0 saturated heterocycles. The van der Waals surface area contributed by atoms with E-state index in [1.54, 1.807) is 0 Å². The Morgan fingerprint density at radius 3 is 2.71 bits per heavy atom. The molecule has 0 bridgehead atoms. The van der Waals surface area contributed by atoms with Gasteiger partial charge in [-0.15, -0.1) is 0 Å². The van der Waals surface area contributed by atoms with Gasteiger partial charge in [0, 0.05) is 22.4 Å². The highest BCUT2D eigenvalue weighted by molar-refractivity contribution is 9.10. The van der Waals surface area contributed by atoms with E-state index in [0.29, 0.717) is 10.9 Å². The van der Waals surface area contributed by atoms with E-state index in [9.17, 15) is 14.9 Å². The van der Waals surface area contributed by atoms with E-state index in [4.69, 9.17) is 10.00 Å². The molecule has 0 aliphatic heterocycles. The highest BCUT2D eigenvalue weighted by Crippen LogP contribution is 2.49. The quantitative estimate of drug-likeness (QED) is 0.442. The molecule has 0 N–H and O–H groups in total. The third-order valence-electron chi connectivity index (χ3n) is 3.54. The number of nitriles is 1. The van der Waals surface area contributed by atoms with Crippen molar-refractivity contribution in [3.63, 3.8) is 0 Å². The number of carbonyl (C=O) groups is 1. The summed E-state index contributed by atoms with van der Waals surface area (Å²) in [5.41, 5.74) is -0.296. The van der Waals surface area contributed by atoms with E-state index in [0.717, 1.165) is 12.8 Å². The Balaban J connectivity index is 2.34. The number of carbonyl (C=O) groups excluding carboxylic acids is 1. The molecule has 7 heteroatoms. The molecule has 21 heavy (non-hydrogen) atoms. The van der Waals surface area contributed by atoms with Crippen molar-refractivity contribution in [3.8, 4) is 11.8 Å². The third kappa shape index (κ3) is 3.39. The topological polar surface area (TPSA) is 93.2 Å². The highest BCUT2D eigenvalue weighted by Gasteiger charge is 2.44. The van der Waals surface area contributed by atoms with Gasteiger partial charge in [0.1, 0.15) is 0 Å². The predicted octanol–water partition coefficient (Wildman–Crippen LogP) is 3.63. The second-order valence-electron chi connectivity index (χ2n) is 5.24. The summed E-state index contributed by atoms with van der Waals surface area (Å²) in [6, 6.07) is 4.92. The summed E-state index contributed by atoms with van der Waals surface area (Å²) in [6.45, 7) is 1.55. The molecule has 2 rings (SSSR count). The van der Waals surface area contributed by atoms with Crippen LogP contribution in [0.1, 0.15) is 36.5 Å². The molecule has 1 aliphatic carbocycles. The fraction of sp³-hybridized carbons (Fsp3) is 0.429. The molecule has 0 radical (unpaired) electrons.